The largest absolute Gasteiger partial charge is 0.465 e. The number of nitrogens with zero attached hydrogens (tertiary/aromatic N) is 2. The van der Waals surface area contributed by atoms with E-state index in [1.54, 1.807) is 0 Å². The van der Waals surface area contributed by atoms with Crippen LogP contribution in [0.4, 0.5) is 0 Å². The van der Waals surface area contributed by atoms with Crippen LogP contribution in [-0.2, 0) is 16.1 Å². The molecule has 2 fully saturated rings. The van der Waals surface area contributed by atoms with E-state index in [9.17, 15) is 9.59 Å². The smallest absolute Gasteiger partial charge is 0.315 e. The lowest BCUT2D eigenvalue weighted by Crippen LogP contribution is -2.35. The number of piperidine rings is 1. The number of likely N-dealkylation sites (tertiary alicyclic amines) is 1. The molecule has 5 heteroatoms. The second-order valence-corrected chi connectivity index (χ2v) is 9.37. The monoisotopic (exact) mass is 420 g/mol. The summed E-state index contributed by atoms with van der Waals surface area (Å²) in [7, 11) is 0. The van der Waals surface area contributed by atoms with Crippen LogP contribution in [0.3, 0.4) is 0 Å². The van der Waals surface area contributed by atoms with E-state index in [1.165, 1.54) is 38.8 Å². The molecule has 0 amide bonds. The molecule has 0 radical (unpaired) electrons. The lowest BCUT2D eigenvalue weighted by atomic mass is 9.92. The van der Waals surface area contributed by atoms with Gasteiger partial charge in [0, 0.05) is 24.3 Å². The fourth-order valence-corrected chi connectivity index (χ4v) is 5.39. The van der Waals surface area contributed by atoms with Crippen molar-refractivity contribution in [1.82, 2.24) is 9.47 Å². The molecule has 0 spiro atoms. The van der Waals surface area contributed by atoms with E-state index < -0.39 is 0 Å². The highest BCUT2D eigenvalue weighted by Crippen LogP contribution is 2.41. The number of fused-ring (bicyclic) bond motifs is 1. The average Bonchev–Trinajstić information content (AvgIpc) is 3.44. The zero-order valence-electron chi connectivity index (χ0n) is 18.2. The third-order valence-corrected chi connectivity index (χ3v) is 7.35. The van der Waals surface area contributed by atoms with Crippen LogP contribution >= 0.6 is 0 Å². The lowest BCUT2D eigenvalue weighted by Gasteiger charge is -2.31. The first-order valence-electron chi connectivity index (χ1n) is 11.9. The summed E-state index contributed by atoms with van der Waals surface area (Å²) in [6.07, 6.45) is 7.19. The molecule has 1 unspecified atom stereocenters. The average molecular weight is 421 g/mol. The summed E-state index contributed by atoms with van der Waals surface area (Å²) in [6.45, 7) is 4.58. The highest BCUT2D eigenvalue weighted by atomic mass is 16.5. The van der Waals surface area contributed by atoms with E-state index >= 15 is 0 Å². The van der Waals surface area contributed by atoms with Crippen LogP contribution in [0.15, 0.2) is 42.5 Å². The predicted molar refractivity (Wildman–Crippen MR) is 119 cm³/mol. The summed E-state index contributed by atoms with van der Waals surface area (Å²) in [5.74, 6) is 1.59. The second-order valence-electron chi connectivity index (χ2n) is 9.37. The summed E-state index contributed by atoms with van der Waals surface area (Å²) < 4.78 is 7.63. The normalized spacial score (nSPS) is 21.7. The minimum atomic E-state index is -0.258. The van der Waals surface area contributed by atoms with Gasteiger partial charge in [-0.2, -0.15) is 0 Å². The number of hydrogen-bond acceptors (Lipinski definition) is 4. The van der Waals surface area contributed by atoms with E-state index in [1.807, 2.05) is 47.0 Å². The Kier molecular flexibility index (Phi) is 5.95. The SMILES string of the molecule is O=C(c1ccccc1)c1ccc2n1CCC2C(=O)OCCCN1CCC(C2CC2)CC1. The molecule has 31 heavy (non-hydrogen) atoms. The van der Waals surface area contributed by atoms with Crippen molar-refractivity contribution in [2.24, 2.45) is 11.8 Å². The molecule has 1 aromatic heterocycles. The van der Waals surface area contributed by atoms with Gasteiger partial charge in [-0.05, 0) is 75.6 Å². The van der Waals surface area contributed by atoms with Crippen molar-refractivity contribution in [1.29, 1.82) is 0 Å². The minimum absolute atomic E-state index is 0.00586. The first kappa shape index (κ1) is 20.5. The zero-order chi connectivity index (χ0) is 21.2. The van der Waals surface area contributed by atoms with Crippen molar-refractivity contribution < 1.29 is 14.3 Å². The quantitative estimate of drug-likeness (QED) is 0.364. The number of carbonyl (C=O) groups is 2. The van der Waals surface area contributed by atoms with Gasteiger partial charge in [0.05, 0.1) is 18.2 Å². The van der Waals surface area contributed by atoms with Crippen molar-refractivity contribution >= 4 is 11.8 Å². The van der Waals surface area contributed by atoms with Crippen LogP contribution in [0.5, 0.6) is 0 Å². The molecule has 2 aromatic rings. The van der Waals surface area contributed by atoms with Gasteiger partial charge in [0.2, 0.25) is 5.78 Å². The maximum absolute atomic E-state index is 12.8. The number of rotatable bonds is 8. The van der Waals surface area contributed by atoms with E-state index in [0.29, 0.717) is 30.8 Å². The molecule has 3 heterocycles. The van der Waals surface area contributed by atoms with Gasteiger partial charge in [0.1, 0.15) is 0 Å². The first-order valence-corrected chi connectivity index (χ1v) is 11.9. The fraction of sp³-hybridized carbons (Fsp3) is 0.538. The van der Waals surface area contributed by atoms with Crippen LogP contribution in [-0.4, -0.2) is 47.5 Å². The minimum Gasteiger partial charge on any atom is -0.465 e. The number of esters is 1. The Morgan fingerprint density at radius 2 is 1.61 bits per heavy atom. The van der Waals surface area contributed by atoms with Crippen LogP contribution in [0.1, 0.15) is 66.2 Å². The Morgan fingerprint density at radius 3 is 2.35 bits per heavy atom. The molecule has 1 aliphatic carbocycles. The van der Waals surface area contributed by atoms with Crippen LogP contribution in [0.25, 0.3) is 0 Å². The predicted octanol–water partition coefficient (Wildman–Crippen LogP) is 4.26. The third-order valence-electron chi connectivity index (χ3n) is 7.35. The summed E-state index contributed by atoms with van der Waals surface area (Å²) in [4.78, 5) is 28.0. The van der Waals surface area contributed by atoms with E-state index in [4.69, 9.17) is 4.74 Å². The van der Waals surface area contributed by atoms with Crippen LogP contribution < -0.4 is 0 Å². The molecule has 5 rings (SSSR count). The number of hydrogen-bond donors (Lipinski definition) is 0. The van der Waals surface area contributed by atoms with Crippen LogP contribution in [0.2, 0.25) is 0 Å². The van der Waals surface area contributed by atoms with Gasteiger partial charge in [0.15, 0.2) is 0 Å². The Bertz CT molecular complexity index is 923. The number of carbonyl (C=O) groups excluding carboxylic acids is 2. The molecular weight excluding hydrogens is 388 g/mol. The maximum Gasteiger partial charge on any atom is 0.315 e. The van der Waals surface area contributed by atoms with Gasteiger partial charge < -0.3 is 14.2 Å². The molecular formula is C26H32N2O3. The molecule has 164 valence electrons. The molecule has 1 aromatic carbocycles. The number of aromatic nitrogens is 1. The third kappa shape index (κ3) is 4.47. The highest BCUT2D eigenvalue weighted by molar-refractivity contribution is 6.08. The first-order chi connectivity index (χ1) is 15.2. The standard InChI is InChI=1S/C26H32N2O3/c29-25(21-5-2-1-3-6-21)24-10-9-23-22(13-17-28(23)24)26(30)31-18-4-14-27-15-11-20(12-16-27)19-7-8-19/h1-3,5-6,9-10,19-20,22H,4,7-8,11-18H2. The molecule has 1 atom stereocenters. The van der Waals surface area contributed by atoms with E-state index in [2.05, 4.69) is 4.90 Å². The molecule has 1 saturated carbocycles. The van der Waals surface area contributed by atoms with E-state index in [-0.39, 0.29) is 17.7 Å². The topological polar surface area (TPSA) is 51.5 Å². The van der Waals surface area contributed by atoms with Gasteiger partial charge in [0.25, 0.3) is 0 Å². The molecule has 3 aliphatic rings. The van der Waals surface area contributed by atoms with Gasteiger partial charge in [-0.1, -0.05) is 30.3 Å². The van der Waals surface area contributed by atoms with Gasteiger partial charge in [-0.3, -0.25) is 9.59 Å². The van der Waals surface area contributed by atoms with Crippen molar-refractivity contribution in [2.45, 2.75) is 51.0 Å². The second kappa shape index (κ2) is 8.99. The van der Waals surface area contributed by atoms with Gasteiger partial charge in [-0.25, -0.2) is 0 Å². The van der Waals surface area contributed by atoms with Crippen molar-refractivity contribution in [3.63, 3.8) is 0 Å². The maximum atomic E-state index is 12.8. The summed E-state index contributed by atoms with van der Waals surface area (Å²) in [5, 5.41) is 0. The molecule has 5 nitrogen and oxygen atoms in total. The van der Waals surface area contributed by atoms with Gasteiger partial charge in [-0.15, -0.1) is 0 Å². The van der Waals surface area contributed by atoms with Crippen molar-refractivity contribution in [3.05, 3.63) is 59.4 Å². The lowest BCUT2D eigenvalue weighted by molar-refractivity contribution is -0.145. The summed E-state index contributed by atoms with van der Waals surface area (Å²) in [6, 6.07) is 13.1. The number of ether oxygens (including phenoxy) is 1. The molecule has 2 aliphatic heterocycles. The Balaban J connectivity index is 1.09. The zero-order valence-corrected chi connectivity index (χ0v) is 18.2. The summed E-state index contributed by atoms with van der Waals surface area (Å²) in [5.41, 5.74) is 2.24. The Morgan fingerprint density at radius 1 is 0.871 bits per heavy atom. The van der Waals surface area contributed by atoms with E-state index in [0.717, 1.165) is 30.5 Å². The summed E-state index contributed by atoms with van der Waals surface area (Å²) >= 11 is 0. The highest BCUT2D eigenvalue weighted by Gasteiger charge is 2.34. The molecule has 0 bridgehead atoms. The van der Waals surface area contributed by atoms with Crippen LogP contribution in [0, 0.1) is 11.8 Å². The Hall–Kier alpha value is -2.40. The fourth-order valence-electron chi connectivity index (χ4n) is 5.39. The number of benzene rings is 1. The Labute approximate surface area is 184 Å². The van der Waals surface area contributed by atoms with Crippen molar-refractivity contribution in [3.8, 4) is 0 Å². The van der Waals surface area contributed by atoms with Gasteiger partial charge >= 0.3 is 5.97 Å². The van der Waals surface area contributed by atoms with Crippen molar-refractivity contribution in [2.75, 3.05) is 26.2 Å². The number of ketones is 1. The molecule has 0 N–H and O–H groups in total. The molecule has 1 saturated heterocycles.